The molecule has 0 saturated heterocycles. The SMILES string of the molecule is c1ccc2c3c(ccc2c1)NC[Se]3. The van der Waals surface area contributed by atoms with Gasteiger partial charge in [-0.2, -0.15) is 0 Å². The molecule has 13 heavy (non-hydrogen) atoms. The summed E-state index contributed by atoms with van der Waals surface area (Å²) in [5.74, 6) is 0. The van der Waals surface area contributed by atoms with E-state index in [-0.39, 0.29) is 0 Å². The van der Waals surface area contributed by atoms with E-state index in [4.69, 9.17) is 0 Å². The van der Waals surface area contributed by atoms with Gasteiger partial charge < -0.3 is 0 Å². The third-order valence-electron chi connectivity index (χ3n) is 2.36. The average Bonchev–Trinajstić information content (AvgIpc) is 2.65. The van der Waals surface area contributed by atoms with Crippen LogP contribution in [0.2, 0.25) is 0 Å². The van der Waals surface area contributed by atoms with Crippen molar-refractivity contribution < 1.29 is 0 Å². The molecule has 0 saturated carbocycles. The fourth-order valence-electron chi connectivity index (χ4n) is 1.72. The Morgan fingerprint density at radius 3 is 3.00 bits per heavy atom. The van der Waals surface area contributed by atoms with Crippen molar-refractivity contribution in [3.63, 3.8) is 0 Å². The van der Waals surface area contributed by atoms with Crippen molar-refractivity contribution in [3.05, 3.63) is 36.4 Å². The summed E-state index contributed by atoms with van der Waals surface area (Å²) in [5, 5.41) is 6.22. The first-order valence-corrected chi connectivity index (χ1v) is 6.40. The number of fused-ring (bicyclic) bond motifs is 3. The molecule has 1 N–H and O–H groups in total. The van der Waals surface area contributed by atoms with Gasteiger partial charge in [0.05, 0.1) is 0 Å². The summed E-state index contributed by atoms with van der Waals surface area (Å²) in [6.45, 7) is 0. The van der Waals surface area contributed by atoms with Gasteiger partial charge in [-0.05, 0) is 0 Å². The van der Waals surface area contributed by atoms with E-state index in [0.29, 0.717) is 15.0 Å². The zero-order chi connectivity index (χ0) is 8.67. The molecule has 0 bridgehead atoms. The molecule has 3 rings (SSSR count). The van der Waals surface area contributed by atoms with Crippen LogP contribution in [-0.4, -0.2) is 20.4 Å². The van der Waals surface area contributed by atoms with E-state index >= 15 is 0 Å². The molecule has 0 aliphatic carbocycles. The molecule has 1 heterocycles. The summed E-state index contributed by atoms with van der Waals surface area (Å²) in [6, 6.07) is 13.0. The van der Waals surface area contributed by atoms with Crippen molar-refractivity contribution in [2.75, 3.05) is 10.8 Å². The second-order valence-electron chi connectivity index (χ2n) is 3.13. The molecule has 0 spiro atoms. The van der Waals surface area contributed by atoms with Gasteiger partial charge in [-0.3, -0.25) is 0 Å². The standard InChI is InChI=1S/C11H9NSe/c1-2-4-9-8(3-1)5-6-10-11(9)13-7-12-10/h1-6,12H,7H2. The van der Waals surface area contributed by atoms with Gasteiger partial charge in [0.1, 0.15) is 0 Å². The van der Waals surface area contributed by atoms with Gasteiger partial charge >= 0.3 is 83.0 Å². The summed E-state index contributed by atoms with van der Waals surface area (Å²) >= 11 is 0.621. The second kappa shape index (κ2) is 2.76. The minimum atomic E-state index is 0.621. The van der Waals surface area contributed by atoms with Crippen molar-refractivity contribution in [2.24, 2.45) is 0 Å². The molecule has 0 aromatic heterocycles. The molecule has 1 nitrogen and oxygen atoms in total. The summed E-state index contributed by atoms with van der Waals surface area (Å²) in [4.78, 5) is 0. The van der Waals surface area contributed by atoms with E-state index in [1.165, 1.54) is 16.5 Å². The van der Waals surface area contributed by atoms with Crippen molar-refractivity contribution in [3.8, 4) is 0 Å². The van der Waals surface area contributed by atoms with Crippen LogP contribution in [-0.2, 0) is 0 Å². The molecular formula is C11H9NSe. The Morgan fingerprint density at radius 1 is 1.08 bits per heavy atom. The third kappa shape index (κ3) is 1.06. The molecule has 0 fully saturated rings. The van der Waals surface area contributed by atoms with Crippen LogP contribution in [0.15, 0.2) is 36.4 Å². The maximum atomic E-state index is 3.42. The van der Waals surface area contributed by atoms with E-state index in [1.54, 1.807) is 4.46 Å². The molecule has 1 aliphatic rings. The van der Waals surface area contributed by atoms with Crippen LogP contribution in [0.5, 0.6) is 0 Å². The summed E-state index contributed by atoms with van der Waals surface area (Å²) in [6.07, 6.45) is 0. The number of hydrogen-bond acceptors (Lipinski definition) is 1. The second-order valence-corrected chi connectivity index (χ2v) is 5.20. The quantitative estimate of drug-likeness (QED) is 0.682. The first-order chi connectivity index (χ1) is 6.45. The Morgan fingerprint density at radius 2 is 2.00 bits per heavy atom. The molecule has 2 heteroatoms. The van der Waals surface area contributed by atoms with Crippen LogP contribution in [0, 0.1) is 0 Å². The van der Waals surface area contributed by atoms with Gasteiger partial charge in [0.15, 0.2) is 0 Å². The Labute approximate surface area is 83.3 Å². The first kappa shape index (κ1) is 7.43. The van der Waals surface area contributed by atoms with E-state index < -0.39 is 0 Å². The summed E-state index contributed by atoms with van der Waals surface area (Å²) in [7, 11) is 0. The molecule has 0 radical (unpaired) electrons. The Kier molecular flexibility index (Phi) is 1.58. The Bertz CT molecular complexity index is 465. The van der Waals surface area contributed by atoms with E-state index in [0.717, 1.165) is 5.44 Å². The summed E-state index contributed by atoms with van der Waals surface area (Å²) < 4.78 is 1.55. The number of benzene rings is 2. The van der Waals surface area contributed by atoms with Crippen LogP contribution in [0.25, 0.3) is 10.8 Å². The Balaban J connectivity index is 2.43. The van der Waals surface area contributed by atoms with Crippen molar-refractivity contribution in [1.29, 1.82) is 0 Å². The van der Waals surface area contributed by atoms with Gasteiger partial charge in [0.25, 0.3) is 0 Å². The van der Waals surface area contributed by atoms with Crippen LogP contribution in [0.1, 0.15) is 0 Å². The van der Waals surface area contributed by atoms with Gasteiger partial charge in [0, 0.05) is 0 Å². The topological polar surface area (TPSA) is 12.0 Å². The molecule has 0 amide bonds. The minimum absolute atomic E-state index is 0.621. The van der Waals surface area contributed by atoms with Crippen molar-refractivity contribution in [1.82, 2.24) is 0 Å². The van der Waals surface area contributed by atoms with Crippen molar-refractivity contribution >= 4 is 35.9 Å². The summed E-state index contributed by atoms with van der Waals surface area (Å²) in [5.41, 5.74) is 2.50. The van der Waals surface area contributed by atoms with Crippen LogP contribution >= 0.6 is 0 Å². The molecule has 1 aliphatic heterocycles. The zero-order valence-corrected chi connectivity index (χ0v) is 8.79. The number of hydrogen-bond donors (Lipinski definition) is 1. The fourth-order valence-corrected chi connectivity index (χ4v) is 3.84. The maximum absolute atomic E-state index is 3.42. The van der Waals surface area contributed by atoms with E-state index in [2.05, 4.69) is 41.7 Å². The predicted molar refractivity (Wildman–Crippen MR) is 57.8 cm³/mol. The zero-order valence-electron chi connectivity index (χ0n) is 7.08. The van der Waals surface area contributed by atoms with Gasteiger partial charge in [-0.15, -0.1) is 0 Å². The molecule has 0 unspecified atom stereocenters. The number of nitrogens with one attached hydrogen (secondary N) is 1. The number of anilines is 1. The predicted octanol–water partition coefficient (Wildman–Crippen LogP) is 1.55. The van der Waals surface area contributed by atoms with Crippen LogP contribution in [0.3, 0.4) is 0 Å². The van der Waals surface area contributed by atoms with Gasteiger partial charge in [-0.1, -0.05) is 0 Å². The fraction of sp³-hybridized carbons (Fsp3) is 0.0909. The normalized spacial score (nSPS) is 14.2. The number of rotatable bonds is 0. The van der Waals surface area contributed by atoms with Crippen LogP contribution < -0.4 is 9.78 Å². The Hall–Kier alpha value is -0.981. The molecule has 0 atom stereocenters. The molecule has 64 valence electrons. The van der Waals surface area contributed by atoms with Crippen molar-refractivity contribution in [2.45, 2.75) is 0 Å². The van der Waals surface area contributed by atoms with E-state index in [9.17, 15) is 0 Å². The van der Waals surface area contributed by atoms with Gasteiger partial charge in [0.2, 0.25) is 0 Å². The third-order valence-corrected chi connectivity index (χ3v) is 4.49. The molecule has 2 aromatic rings. The first-order valence-electron chi connectivity index (χ1n) is 4.33. The molecular weight excluding hydrogens is 225 g/mol. The van der Waals surface area contributed by atoms with E-state index in [1.807, 2.05) is 0 Å². The van der Waals surface area contributed by atoms with Gasteiger partial charge in [-0.25, -0.2) is 0 Å². The van der Waals surface area contributed by atoms with Crippen LogP contribution in [0.4, 0.5) is 5.69 Å². The molecule has 2 aromatic carbocycles. The monoisotopic (exact) mass is 235 g/mol. The average molecular weight is 234 g/mol.